The van der Waals surface area contributed by atoms with Gasteiger partial charge in [-0.25, -0.2) is 13.1 Å². The molecular weight excluding hydrogens is 284 g/mol. The van der Waals surface area contributed by atoms with Gasteiger partial charge in [-0.15, -0.1) is 0 Å². The summed E-state index contributed by atoms with van der Waals surface area (Å²) in [6.07, 6.45) is 1.76. The van der Waals surface area contributed by atoms with Crippen LogP contribution in [0.3, 0.4) is 0 Å². The monoisotopic (exact) mass is 300 g/mol. The second-order valence-electron chi connectivity index (χ2n) is 4.67. The van der Waals surface area contributed by atoms with Crippen LogP contribution in [0.5, 0.6) is 0 Å². The molecule has 1 aromatic carbocycles. The standard InChI is InChI=1S/C12H16N2O5S/c15-14(16)11-5-3-10(4-6-11)9-20(17,18)13-8-12-2-1-7-19-12/h3-6,12-13H,1-2,7-9H2. The third-order valence-electron chi connectivity index (χ3n) is 3.06. The molecule has 1 aliphatic rings. The maximum absolute atomic E-state index is 11.9. The molecule has 0 radical (unpaired) electrons. The molecule has 0 aromatic heterocycles. The summed E-state index contributed by atoms with van der Waals surface area (Å²) < 4.78 is 31.6. The van der Waals surface area contributed by atoms with Gasteiger partial charge < -0.3 is 4.74 Å². The van der Waals surface area contributed by atoms with E-state index in [0.717, 1.165) is 12.8 Å². The molecule has 1 aromatic rings. The van der Waals surface area contributed by atoms with Crippen molar-refractivity contribution < 1.29 is 18.1 Å². The summed E-state index contributed by atoms with van der Waals surface area (Å²) in [7, 11) is -3.46. The Kier molecular flexibility index (Phi) is 4.69. The zero-order valence-corrected chi connectivity index (χ0v) is 11.6. The second-order valence-corrected chi connectivity index (χ2v) is 6.47. The zero-order valence-electron chi connectivity index (χ0n) is 10.8. The second kappa shape index (κ2) is 6.29. The lowest BCUT2D eigenvalue weighted by molar-refractivity contribution is -0.384. The van der Waals surface area contributed by atoms with E-state index >= 15 is 0 Å². The van der Waals surface area contributed by atoms with E-state index in [4.69, 9.17) is 4.74 Å². The first kappa shape index (κ1) is 14.9. The average Bonchev–Trinajstić information content (AvgIpc) is 2.90. The molecule has 1 unspecified atom stereocenters. The van der Waals surface area contributed by atoms with Gasteiger partial charge in [0.2, 0.25) is 10.0 Å². The van der Waals surface area contributed by atoms with Crippen LogP contribution in [-0.4, -0.2) is 32.6 Å². The third kappa shape index (κ3) is 4.26. The minimum atomic E-state index is -3.46. The van der Waals surface area contributed by atoms with E-state index in [1.807, 2.05) is 0 Å². The third-order valence-corrected chi connectivity index (χ3v) is 4.38. The van der Waals surface area contributed by atoms with Crippen LogP contribution in [0.4, 0.5) is 5.69 Å². The number of ether oxygens (including phenoxy) is 1. The van der Waals surface area contributed by atoms with Gasteiger partial charge in [0.25, 0.3) is 5.69 Å². The molecular formula is C12H16N2O5S. The minimum absolute atomic E-state index is 0.0540. The van der Waals surface area contributed by atoms with Crippen molar-refractivity contribution in [1.82, 2.24) is 4.72 Å². The molecule has 0 spiro atoms. The number of nitro benzene ring substituents is 1. The molecule has 0 amide bonds. The summed E-state index contributed by atoms with van der Waals surface area (Å²) in [4.78, 5) is 9.99. The number of hydrogen-bond acceptors (Lipinski definition) is 5. The lowest BCUT2D eigenvalue weighted by Crippen LogP contribution is -2.32. The fraction of sp³-hybridized carbons (Fsp3) is 0.500. The van der Waals surface area contributed by atoms with Crippen molar-refractivity contribution in [2.75, 3.05) is 13.2 Å². The first-order valence-electron chi connectivity index (χ1n) is 6.28. The van der Waals surface area contributed by atoms with Gasteiger partial charge in [-0.05, 0) is 18.4 Å². The van der Waals surface area contributed by atoms with Gasteiger partial charge in [-0.2, -0.15) is 0 Å². The van der Waals surface area contributed by atoms with Crippen molar-refractivity contribution in [2.24, 2.45) is 0 Å². The van der Waals surface area contributed by atoms with Crippen molar-refractivity contribution in [2.45, 2.75) is 24.7 Å². The van der Waals surface area contributed by atoms with Gasteiger partial charge in [0.15, 0.2) is 0 Å². The first-order valence-corrected chi connectivity index (χ1v) is 7.94. The quantitative estimate of drug-likeness (QED) is 0.628. The molecule has 0 bridgehead atoms. The lowest BCUT2D eigenvalue weighted by atomic mass is 10.2. The van der Waals surface area contributed by atoms with E-state index in [0.29, 0.717) is 12.2 Å². The summed E-state index contributed by atoms with van der Waals surface area (Å²) in [5, 5.41) is 10.5. The Morgan fingerprint density at radius 2 is 2.05 bits per heavy atom. The van der Waals surface area contributed by atoms with Gasteiger partial charge >= 0.3 is 0 Å². The van der Waals surface area contributed by atoms with Crippen LogP contribution in [0.2, 0.25) is 0 Å². The van der Waals surface area contributed by atoms with Crippen molar-refractivity contribution in [1.29, 1.82) is 0 Å². The van der Waals surface area contributed by atoms with Crippen LogP contribution >= 0.6 is 0 Å². The normalized spacial score (nSPS) is 19.1. The highest BCUT2D eigenvalue weighted by molar-refractivity contribution is 7.88. The fourth-order valence-corrected chi connectivity index (χ4v) is 3.18. The van der Waals surface area contributed by atoms with Gasteiger partial charge in [-0.3, -0.25) is 10.1 Å². The molecule has 0 aliphatic carbocycles. The van der Waals surface area contributed by atoms with E-state index in [2.05, 4.69) is 4.72 Å². The topological polar surface area (TPSA) is 98.5 Å². The predicted molar refractivity (Wildman–Crippen MR) is 72.7 cm³/mol. The van der Waals surface area contributed by atoms with Crippen molar-refractivity contribution in [3.05, 3.63) is 39.9 Å². The van der Waals surface area contributed by atoms with Crippen LogP contribution < -0.4 is 4.72 Å². The molecule has 2 rings (SSSR count). The van der Waals surface area contributed by atoms with Gasteiger partial charge in [-0.1, -0.05) is 12.1 Å². The number of rotatable bonds is 6. The Morgan fingerprint density at radius 1 is 1.35 bits per heavy atom. The highest BCUT2D eigenvalue weighted by atomic mass is 32.2. The molecule has 7 nitrogen and oxygen atoms in total. The lowest BCUT2D eigenvalue weighted by Gasteiger charge is -2.11. The molecule has 1 fully saturated rings. The van der Waals surface area contributed by atoms with Crippen LogP contribution in [0.25, 0.3) is 0 Å². The van der Waals surface area contributed by atoms with Crippen LogP contribution in [0.15, 0.2) is 24.3 Å². The maximum Gasteiger partial charge on any atom is 0.269 e. The average molecular weight is 300 g/mol. The molecule has 8 heteroatoms. The van der Waals surface area contributed by atoms with Crippen molar-refractivity contribution in [3.63, 3.8) is 0 Å². The molecule has 0 saturated carbocycles. The van der Waals surface area contributed by atoms with Crippen molar-refractivity contribution >= 4 is 15.7 Å². The Labute approximate surface area is 117 Å². The van der Waals surface area contributed by atoms with Crippen molar-refractivity contribution in [3.8, 4) is 0 Å². The zero-order chi connectivity index (χ0) is 14.6. The summed E-state index contributed by atoms with van der Waals surface area (Å²) in [5.74, 6) is -0.197. The van der Waals surface area contributed by atoms with Crippen LogP contribution in [0, 0.1) is 10.1 Å². The number of nitro groups is 1. The number of non-ortho nitro benzene ring substituents is 1. The number of benzene rings is 1. The SMILES string of the molecule is O=[N+]([O-])c1ccc(CS(=O)(=O)NCC2CCCO2)cc1. The number of hydrogen-bond donors (Lipinski definition) is 1. The number of nitrogens with one attached hydrogen (secondary N) is 1. The van der Waals surface area contributed by atoms with Gasteiger partial charge in [0, 0.05) is 25.3 Å². The van der Waals surface area contributed by atoms with E-state index in [9.17, 15) is 18.5 Å². The smallest absolute Gasteiger partial charge is 0.269 e. The maximum atomic E-state index is 11.9. The predicted octanol–water partition coefficient (Wildman–Crippen LogP) is 1.19. The fourth-order valence-electron chi connectivity index (χ4n) is 2.01. The summed E-state index contributed by atoms with van der Waals surface area (Å²) in [6.45, 7) is 0.948. The Bertz CT molecular complexity index is 564. The Balaban J connectivity index is 1.91. The molecule has 1 saturated heterocycles. The van der Waals surface area contributed by atoms with Gasteiger partial charge in [0.05, 0.1) is 16.8 Å². The number of nitrogens with zero attached hydrogens (tertiary/aromatic N) is 1. The Hall–Kier alpha value is -1.51. The highest BCUT2D eigenvalue weighted by Crippen LogP contribution is 2.14. The molecule has 1 N–H and O–H groups in total. The van der Waals surface area contributed by atoms with E-state index in [-0.39, 0.29) is 24.1 Å². The molecule has 1 atom stereocenters. The molecule has 20 heavy (non-hydrogen) atoms. The van der Waals surface area contributed by atoms with Gasteiger partial charge in [0.1, 0.15) is 0 Å². The van der Waals surface area contributed by atoms with E-state index in [1.165, 1.54) is 24.3 Å². The minimum Gasteiger partial charge on any atom is -0.377 e. The summed E-state index contributed by atoms with van der Waals surface area (Å²) >= 11 is 0. The van der Waals surface area contributed by atoms with Crippen LogP contribution in [0.1, 0.15) is 18.4 Å². The van der Waals surface area contributed by atoms with E-state index < -0.39 is 14.9 Å². The van der Waals surface area contributed by atoms with E-state index in [1.54, 1.807) is 0 Å². The summed E-state index contributed by atoms with van der Waals surface area (Å²) in [6, 6.07) is 5.49. The number of sulfonamides is 1. The first-order chi connectivity index (χ1) is 9.46. The molecule has 1 heterocycles. The molecule has 110 valence electrons. The largest absolute Gasteiger partial charge is 0.377 e. The summed E-state index contributed by atoms with van der Waals surface area (Å²) in [5.41, 5.74) is 0.453. The molecule has 1 aliphatic heterocycles. The Morgan fingerprint density at radius 3 is 2.60 bits per heavy atom. The van der Waals surface area contributed by atoms with Crippen LogP contribution in [-0.2, 0) is 20.5 Å². The highest BCUT2D eigenvalue weighted by Gasteiger charge is 2.19.